The van der Waals surface area contributed by atoms with Gasteiger partial charge < -0.3 is 26.6 Å². The summed E-state index contributed by atoms with van der Waals surface area (Å²) in [6, 6.07) is 0.618. The Hall–Kier alpha value is 0.400. The second kappa shape index (κ2) is 20.1. The maximum atomic E-state index is 9.22. The topological polar surface area (TPSA) is 20.2 Å². The summed E-state index contributed by atoms with van der Waals surface area (Å²) in [7, 11) is 4.68. The van der Waals surface area contributed by atoms with Crippen LogP contribution in [0.3, 0.4) is 0 Å². The van der Waals surface area contributed by atoms with Gasteiger partial charge in [0, 0.05) is 13.0 Å². The number of unbranched alkanes of at least 4 members (excludes halogenated alkanes) is 13. The molecule has 160 valence electrons. The van der Waals surface area contributed by atoms with Crippen LogP contribution in [0.1, 0.15) is 117 Å². The van der Waals surface area contributed by atoms with E-state index < -0.39 is 0 Å². The Morgan fingerprint density at radius 3 is 1.38 bits per heavy atom. The van der Waals surface area contributed by atoms with Crippen molar-refractivity contribution in [2.75, 3.05) is 27.2 Å². The standard InChI is InChI=1S/C23H50NO.BrH/c1-5-7-8-9-10-11-12-13-14-15-16-17-18-19-21-24(3,4)23(6-2)20-22-25;/h23,25H,5-22H2,1-4H3;1H/q+1;/p-1. The van der Waals surface area contributed by atoms with Gasteiger partial charge in [0.2, 0.25) is 0 Å². The molecule has 3 heteroatoms. The van der Waals surface area contributed by atoms with Crippen molar-refractivity contribution in [3.63, 3.8) is 0 Å². The molecular weight excluding hydrogens is 386 g/mol. The van der Waals surface area contributed by atoms with Gasteiger partial charge in [0.25, 0.3) is 0 Å². The van der Waals surface area contributed by atoms with Gasteiger partial charge in [-0.3, -0.25) is 0 Å². The number of aliphatic hydroxyl groups excluding tert-OH is 1. The van der Waals surface area contributed by atoms with Crippen LogP contribution < -0.4 is 17.0 Å². The van der Waals surface area contributed by atoms with Gasteiger partial charge in [-0.15, -0.1) is 0 Å². The lowest BCUT2D eigenvalue weighted by Gasteiger charge is -2.37. The minimum Gasteiger partial charge on any atom is -1.00 e. The van der Waals surface area contributed by atoms with Crippen LogP contribution in [-0.4, -0.2) is 42.9 Å². The maximum Gasteiger partial charge on any atom is 0.0905 e. The van der Waals surface area contributed by atoms with E-state index >= 15 is 0 Å². The lowest BCUT2D eigenvalue weighted by atomic mass is 10.0. The maximum absolute atomic E-state index is 9.22. The molecule has 0 bridgehead atoms. The monoisotopic (exact) mass is 435 g/mol. The lowest BCUT2D eigenvalue weighted by molar-refractivity contribution is -0.915. The van der Waals surface area contributed by atoms with Crippen molar-refractivity contribution in [2.24, 2.45) is 0 Å². The zero-order valence-corrected chi connectivity index (χ0v) is 20.2. The molecule has 0 saturated carbocycles. The quantitative estimate of drug-likeness (QED) is 0.242. The molecule has 1 unspecified atom stereocenters. The van der Waals surface area contributed by atoms with E-state index in [0.717, 1.165) is 10.9 Å². The molecule has 0 aliphatic rings. The first-order valence-electron chi connectivity index (χ1n) is 11.5. The van der Waals surface area contributed by atoms with E-state index in [9.17, 15) is 5.11 Å². The molecule has 0 amide bonds. The molecule has 0 fully saturated rings. The largest absolute Gasteiger partial charge is 1.00 e. The summed E-state index contributed by atoms with van der Waals surface area (Å²) in [6.45, 7) is 6.14. The first-order valence-corrected chi connectivity index (χ1v) is 11.5. The molecular formula is C23H50BrNO. The van der Waals surface area contributed by atoms with E-state index in [1.807, 2.05) is 0 Å². The van der Waals surface area contributed by atoms with Crippen LogP contribution >= 0.6 is 0 Å². The van der Waals surface area contributed by atoms with Crippen molar-refractivity contribution in [2.45, 2.75) is 123 Å². The van der Waals surface area contributed by atoms with E-state index in [4.69, 9.17) is 0 Å². The van der Waals surface area contributed by atoms with Crippen LogP contribution in [0.25, 0.3) is 0 Å². The highest BCUT2D eigenvalue weighted by Gasteiger charge is 2.25. The Bertz CT molecular complexity index is 271. The number of aliphatic hydroxyl groups is 1. The van der Waals surface area contributed by atoms with Crippen LogP contribution in [0, 0.1) is 0 Å². The third-order valence-electron chi connectivity index (χ3n) is 6.01. The molecule has 1 N–H and O–H groups in total. The van der Waals surface area contributed by atoms with Gasteiger partial charge in [0.05, 0.1) is 26.7 Å². The summed E-state index contributed by atoms with van der Waals surface area (Å²) in [5, 5.41) is 9.22. The van der Waals surface area contributed by atoms with E-state index in [-0.39, 0.29) is 17.0 Å². The van der Waals surface area contributed by atoms with Crippen molar-refractivity contribution < 1.29 is 26.6 Å². The van der Waals surface area contributed by atoms with E-state index in [2.05, 4.69) is 27.9 Å². The van der Waals surface area contributed by atoms with Gasteiger partial charge >= 0.3 is 0 Å². The molecule has 0 spiro atoms. The van der Waals surface area contributed by atoms with E-state index in [1.165, 1.54) is 103 Å². The Kier molecular flexibility index (Phi) is 22.2. The summed E-state index contributed by atoms with van der Waals surface area (Å²) in [5.74, 6) is 0. The van der Waals surface area contributed by atoms with Crippen molar-refractivity contribution in [3.05, 3.63) is 0 Å². The first kappa shape index (κ1) is 28.6. The Balaban J connectivity index is 0. The predicted molar refractivity (Wildman–Crippen MR) is 113 cm³/mol. The van der Waals surface area contributed by atoms with Gasteiger partial charge in [0.15, 0.2) is 0 Å². The number of hydrogen-bond donors (Lipinski definition) is 1. The Morgan fingerprint density at radius 1 is 0.654 bits per heavy atom. The van der Waals surface area contributed by atoms with Crippen LogP contribution in [0.5, 0.6) is 0 Å². The average molecular weight is 437 g/mol. The highest BCUT2D eigenvalue weighted by Crippen LogP contribution is 2.17. The Morgan fingerprint density at radius 2 is 1.04 bits per heavy atom. The molecule has 0 aromatic heterocycles. The minimum atomic E-state index is 0. The van der Waals surface area contributed by atoms with Gasteiger partial charge in [-0.25, -0.2) is 0 Å². The Labute approximate surface area is 176 Å². The summed E-state index contributed by atoms with van der Waals surface area (Å²) in [4.78, 5) is 0. The predicted octanol–water partition coefficient (Wildman–Crippen LogP) is 3.71. The highest BCUT2D eigenvalue weighted by atomic mass is 79.9. The third-order valence-corrected chi connectivity index (χ3v) is 6.01. The van der Waals surface area contributed by atoms with Crippen LogP contribution in [0.4, 0.5) is 0 Å². The van der Waals surface area contributed by atoms with Gasteiger partial charge in [-0.2, -0.15) is 0 Å². The summed E-state index contributed by atoms with van der Waals surface area (Å²) in [6.07, 6.45) is 22.1. The van der Waals surface area contributed by atoms with Gasteiger partial charge in [0.1, 0.15) is 0 Å². The van der Waals surface area contributed by atoms with E-state index in [0.29, 0.717) is 12.6 Å². The number of nitrogens with zero attached hydrogens (tertiary/aromatic N) is 1. The fraction of sp³-hybridized carbons (Fsp3) is 1.00. The van der Waals surface area contributed by atoms with Crippen molar-refractivity contribution >= 4 is 0 Å². The molecule has 1 atom stereocenters. The summed E-state index contributed by atoms with van der Waals surface area (Å²) >= 11 is 0. The lowest BCUT2D eigenvalue weighted by Crippen LogP contribution is -3.00. The zero-order chi connectivity index (χ0) is 18.8. The molecule has 0 rings (SSSR count). The third kappa shape index (κ3) is 16.6. The molecule has 0 saturated heterocycles. The summed E-state index contributed by atoms with van der Waals surface area (Å²) in [5.41, 5.74) is 0. The number of hydrogen-bond acceptors (Lipinski definition) is 1. The normalized spacial score (nSPS) is 12.8. The second-order valence-electron chi connectivity index (χ2n) is 8.67. The highest BCUT2D eigenvalue weighted by molar-refractivity contribution is 4.56. The molecule has 0 aromatic carbocycles. The number of rotatable bonds is 19. The van der Waals surface area contributed by atoms with Gasteiger partial charge in [-0.1, -0.05) is 90.9 Å². The van der Waals surface area contributed by atoms with Crippen LogP contribution in [0.2, 0.25) is 0 Å². The van der Waals surface area contributed by atoms with Crippen molar-refractivity contribution in [3.8, 4) is 0 Å². The average Bonchev–Trinajstić information content (AvgIpc) is 2.59. The molecule has 2 nitrogen and oxygen atoms in total. The van der Waals surface area contributed by atoms with E-state index in [1.54, 1.807) is 0 Å². The molecule has 0 aromatic rings. The van der Waals surface area contributed by atoms with Crippen LogP contribution in [0.15, 0.2) is 0 Å². The molecule has 26 heavy (non-hydrogen) atoms. The molecule has 0 radical (unpaired) electrons. The number of quaternary nitrogens is 1. The SMILES string of the molecule is CCCCCCCCCCCCCCCC[N+](C)(C)C(CC)CCO.[Br-]. The van der Waals surface area contributed by atoms with Gasteiger partial charge in [-0.05, 0) is 19.3 Å². The zero-order valence-electron chi connectivity index (χ0n) is 18.6. The first-order chi connectivity index (χ1) is 12.1. The minimum absolute atomic E-state index is 0. The fourth-order valence-corrected chi connectivity index (χ4v) is 4.09. The summed E-state index contributed by atoms with van der Waals surface area (Å²) < 4.78 is 1.08. The van der Waals surface area contributed by atoms with Crippen molar-refractivity contribution in [1.82, 2.24) is 0 Å². The van der Waals surface area contributed by atoms with Crippen LogP contribution in [-0.2, 0) is 0 Å². The molecule has 0 aliphatic heterocycles. The molecule has 0 heterocycles. The molecule has 0 aliphatic carbocycles. The fourth-order valence-electron chi connectivity index (χ4n) is 4.09. The smallest absolute Gasteiger partial charge is 0.0905 e. The second-order valence-corrected chi connectivity index (χ2v) is 8.67. The number of halogens is 1. The van der Waals surface area contributed by atoms with Crippen molar-refractivity contribution in [1.29, 1.82) is 0 Å².